The first-order valence-electron chi connectivity index (χ1n) is 10.2. The van der Waals surface area contributed by atoms with Crippen LogP contribution in [0.5, 0.6) is 11.5 Å². The van der Waals surface area contributed by atoms with Gasteiger partial charge in [0, 0.05) is 6.54 Å². The third-order valence-electron chi connectivity index (χ3n) is 5.22. The summed E-state index contributed by atoms with van der Waals surface area (Å²) in [6.07, 6.45) is 0. The average Bonchev–Trinajstić information content (AvgIpc) is 3.28. The van der Waals surface area contributed by atoms with Crippen LogP contribution in [0.25, 0.3) is 10.9 Å². The number of hydrogen-bond donors (Lipinski definition) is 2. The van der Waals surface area contributed by atoms with E-state index in [2.05, 4.69) is 15.3 Å². The highest BCUT2D eigenvalue weighted by Gasteiger charge is 2.20. The fraction of sp³-hybridized carbons (Fsp3) is 0.125. The van der Waals surface area contributed by atoms with Crippen molar-refractivity contribution in [1.82, 2.24) is 14.9 Å². The monoisotopic (exact) mass is 446 g/mol. The molecular formula is C24H19FN4O4. The van der Waals surface area contributed by atoms with Crippen LogP contribution in [-0.4, -0.2) is 27.7 Å². The maximum atomic E-state index is 14.1. The van der Waals surface area contributed by atoms with Crippen LogP contribution < -0.4 is 20.3 Å². The molecule has 2 amide bonds. The molecule has 0 fully saturated rings. The third kappa shape index (κ3) is 4.33. The average molecular weight is 446 g/mol. The molecule has 9 heteroatoms. The van der Waals surface area contributed by atoms with Crippen LogP contribution in [0.3, 0.4) is 0 Å². The standard InChI is InChI=1S/C24H19FN4O4/c25-17-6-2-4-8-19(17)27-24(31)29(12-15-9-10-20-21(11-15)33-14-32-20)13-22-26-18-7-3-1-5-16(18)23(30)28-22/h1-11H,12-14H2,(H,27,31)(H,26,28,30). The SMILES string of the molecule is O=C(Nc1ccccc1F)N(Cc1ccc2c(c1)OCO2)Cc1nc2ccccc2c(=O)[nH]1. The molecule has 0 aliphatic carbocycles. The van der Waals surface area contributed by atoms with E-state index in [-0.39, 0.29) is 31.1 Å². The molecule has 0 radical (unpaired) electrons. The zero-order valence-electron chi connectivity index (χ0n) is 17.4. The number of halogens is 1. The molecule has 4 aromatic rings. The minimum atomic E-state index is -0.550. The fourth-order valence-corrected chi connectivity index (χ4v) is 3.61. The summed E-state index contributed by atoms with van der Waals surface area (Å²) in [5.41, 5.74) is 1.05. The molecule has 5 rings (SSSR count). The number of urea groups is 1. The summed E-state index contributed by atoms with van der Waals surface area (Å²) in [5, 5.41) is 3.05. The second-order valence-corrected chi connectivity index (χ2v) is 7.48. The van der Waals surface area contributed by atoms with Crippen molar-refractivity contribution in [3.05, 3.63) is 94.3 Å². The number of aromatic amines is 1. The zero-order valence-corrected chi connectivity index (χ0v) is 17.4. The van der Waals surface area contributed by atoms with E-state index in [0.29, 0.717) is 28.2 Å². The molecule has 33 heavy (non-hydrogen) atoms. The summed E-state index contributed by atoms with van der Waals surface area (Å²) in [7, 11) is 0. The van der Waals surface area contributed by atoms with E-state index in [1.807, 2.05) is 6.07 Å². The first kappa shape index (κ1) is 20.5. The topological polar surface area (TPSA) is 96.6 Å². The smallest absolute Gasteiger partial charge is 0.322 e. The second-order valence-electron chi connectivity index (χ2n) is 7.48. The Balaban J connectivity index is 1.46. The number of amides is 2. The quantitative estimate of drug-likeness (QED) is 0.483. The van der Waals surface area contributed by atoms with Crippen molar-refractivity contribution in [2.75, 3.05) is 12.1 Å². The van der Waals surface area contributed by atoms with E-state index in [4.69, 9.17) is 9.47 Å². The largest absolute Gasteiger partial charge is 0.454 e. The Morgan fingerprint density at radius 1 is 1.03 bits per heavy atom. The number of anilines is 1. The van der Waals surface area contributed by atoms with Gasteiger partial charge < -0.3 is 24.7 Å². The number of carbonyl (C=O) groups is 1. The van der Waals surface area contributed by atoms with Crippen molar-refractivity contribution in [1.29, 1.82) is 0 Å². The van der Waals surface area contributed by atoms with Crippen molar-refractivity contribution < 1.29 is 18.7 Å². The van der Waals surface area contributed by atoms with Crippen molar-refractivity contribution >= 4 is 22.6 Å². The Labute approximate surface area is 187 Å². The molecule has 0 atom stereocenters. The molecule has 8 nitrogen and oxygen atoms in total. The van der Waals surface area contributed by atoms with Gasteiger partial charge in [-0.05, 0) is 42.0 Å². The molecule has 3 aromatic carbocycles. The van der Waals surface area contributed by atoms with Crippen molar-refractivity contribution in [3.8, 4) is 11.5 Å². The van der Waals surface area contributed by atoms with Crippen LogP contribution in [0.1, 0.15) is 11.4 Å². The number of para-hydroxylation sites is 2. The van der Waals surface area contributed by atoms with E-state index in [0.717, 1.165) is 5.56 Å². The lowest BCUT2D eigenvalue weighted by molar-refractivity contribution is 0.174. The van der Waals surface area contributed by atoms with E-state index >= 15 is 0 Å². The van der Waals surface area contributed by atoms with Gasteiger partial charge in [0.1, 0.15) is 11.6 Å². The molecule has 0 bridgehead atoms. The Hall–Kier alpha value is -4.40. The van der Waals surface area contributed by atoms with E-state index in [1.54, 1.807) is 48.5 Å². The molecule has 2 heterocycles. The van der Waals surface area contributed by atoms with Gasteiger partial charge in [0.05, 0.1) is 23.1 Å². The van der Waals surface area contributed by atoms with Crippen LogP contribution in [0.2, 0.25) is 0 Å². The lowest BCUT2D eigenvalue weighted by atomic mass is 10.2. The van der Waals surface area contributed by atoms with Crippen LogP contribution in [-0.2, 0) is 13.1 Å². The van der Waals surface area contributed by atoms with E-state index in [9.17, 15) is 14.0 Å². The number of rotatable bonds is 5. The minimum absolute atomic E-state index is 0.00516. The number of fused-ring (bicyclic) bond motifs is 2. The lowest BCUT2D eigenvalue weighted by Gasteiger charge is -2.23. The Morgan fingerprint density at radius 3 is 2.70 bits per heavy atom. The molecule has 0 unspecified atom stereocenters. The Bertz CT molecular complexity index is 1400. The fourth-order valence-electron chi connectivity index (χ4n) is 3.61. The van der Waals surface area contributed by atoms with Gasteiger partial charge in [0.25, 0.3) is 5.56 Å². The summed E-state index contributed by atoms with van der Waals surface area (Å²) in [6.45, 7) is 0.292. The number of aromatic nitrogens is 2. The summed E-state index contributed by atoms with van der Waals surface area (Å²) in [6, 6.07) is 17.7. The molecule has 1 aromatic heterocycles. The zero-order chi connectivity index (χ0) is 22.8. The van der Waals surface area contributed by atoms with Gasteiger partial charge in [0.2, 0.25) is 6.79 Å². The number of hydrogen-bond acceptors (Lipinski definition) is 5. The molecule has 166 valence electrons. The highest BCUT2D eigenvalue weighted by atomic mass is 19.1. The first-order valence-corrected chi connectivity index (χ1v) is 10.2. The minimum Gasteiger partial charge on any atom is -0.454 e. The Kier molecular flexibility index (Phi) is 5.35. The van der Waals surface area contributed by atoms with Crippen molar-refractivity contribution in [2.24, 2.45) is 0 Å². The molecule has 0 saturated carbocycles. The molecular weight excluding hydrogens is 427 g/mol. The number of benzene rings is 3. The van der Waals surface area contributed by atoms with Crippen LogP contribution in [0.15, 0.2) is 71.5 Å². The first-order chi connectivity index (χ1) is 16.1. The van der Waals surface area contributed by atoms with Crippen LogP contribution in [0.4, 0.5) is 14.9 Å². The van der Waals surface area contributed by atoms with Gasteiger partial charge in [-0.1, -0.05) is 30.3 Å². The van der Waals surface area contributed by atoms with Crippen LogP contribution in [0, 0.1) is 5.82 Å². The molecule has 1 aliphatic heterocycles. The summed E-state index contributed by atoms with van der Waals surface area (Å²) in [4.78, 5) is 34.3. The number of carbonyl (C=O) groups excluding carboxylic acids is 1. The van der Waals surface area contributed by atoms with Gasteiger partial charge >= 0.3 is 6.03 Å². The molecule has 2 N–H and O–H groups in total. The lowest BCUT2D eigenvalue weighted by Crippen LogP contribution is -2.35. The van der Waals surface area contributed by atoms with Gasteiger partial charge in [-0.15, -0.1) is 0 Å². The van der Waals surface area contributed by atoms with Gasteiger partial charge in [-0.3, -0.25) is 4.79 Å². The number of ether oxygens (including phenoxy) is 2. The maximum absolute atomic E-state index is 14.1. The predicted molar refractivity (Wildman–Crippen MR) is 120 cm³/mol. The van der Waals surface area contributed by atoms with E-state index < -0.39 is 11.8 Å². The van der Waals surface area contributed by atoms with Crippen molar-refractivity contribution in [3.63, 3.8) is 0 Å². The van der Waals surface area contributed by atoms with Gasteiger partial charge in [0.15, 0.2) is 11.5 Å². The second kappa shape index (κ2) is 8.62. The Morgan fingerprint density at radius 2 is 1.82 bits per heavy atom. The van der Waals surface area contributed by atoms with Gasteiger partial charge in [-0.25, -0.2) is 14.2 Å². The molecule has 1 aliphatic rings. The highest BCUT2D eigenvalue weighted by Crippen LogP contribution is 2.33. The van der Waals surface area contributed by atoms with Crippen LogP contribution >= 0.6 is 0 Å². The maximum Gasteiger partial charge on any atom is 0.322 e. The number of nitrogens with zero attached hydrogens (tertiary/aromatic N) is 2. The van der Waals surface area contributed by atoms with E-state index in [1.165, 1.54) is 17.0 Å². The number of nitrogens with one attached hydrogen (secondary N) is 2. The highest BCUT2D eigenvalue weighted by molar-refractivity contribution is 5.89. The predicted octanol–water partition coefficient (Wildman–Crippen LogP) is 4.03. The number of H-pyrrole nitrogens is 1. The van der Waals surface area contributed by atoms with Gasteiger partial charge in [-0.2, -0.15) is 0 Å². The van der Waals surface area contributed by atoms with Crippen molar-refractivity contribution in [2.45, 2.75) is 13.1 Å². The normalized spacial score (nSPS) is 12.0. The molecule has 0 spiro atoms. The third-order valence-corrected chi connectivity index (χ3v) is 5.22. The molecule has 0 saturated heterocycles. The summed E-state index contributed by atoms with van der Waals surface area (Å²) >= 11 is 0. The summed E-state index contributed by atoms with van der Waals surface area (Å²) < 4.78 is 24.9. The summed E-state index contributed by atoms with van der Waals surface area (Å²) in [5.74, 6) is 0.968.